The highest BCUT2D eigenvalue weighted by molar-refractivity contribution is 6.06. The number of halogens is 3. The number of urea groups is 1. The van der Waals surface area contributed by atoms with Gasteiger partial charge < -0.3 is 10.2 Å². The summed E-state index contributed by atoms with van der Waals surface area (Å²) in [5.41, 5.74) is 0.176. The van der Waals surface area contributed by atoms with Crippen LogP contribution in [0.2, 0.25) is 0 Å². The molecule has 3 amide bonds. The first kappa shape index (κ1) is 28.0. The molecule has 1 aliphatic rings. The lowest BCUT2D eigenvalue weighted by Gasteiger charge is -2.41. The van der Waals surface area contributed by atoms with E-state index < -0.39 is 35.5 Å². The van der Waals surface area contributed by atoms with E-state index in [4.69, 9.17) is 0 Å². The fraction of sp³-hybridized carbons (Fsp3) is 0.214. The van der Waals surface area contributed by atoms with Crippen LogP contribution in [0.3, 0.4) is 0 Å². The molecule has 4 rings (SSSR count). The molecule has 204 valence electrons. The number of hydrogen-bond acceptors (Lipinski definition) is 6. The number of Topliss-reactive ketones (excluding diaryl/α,β-unsaturated/α-hetero) is 1. The maximum Gasteiger partial charge on any atom is 0.416 e. The molecule has 0 fully saturated rings. The van der Waals surface area contributed by atoms with Gasteiger partial charge in [-0.15, -0.1) is 0 Å². The third kappa shape index (κ3) is 5.40. The molecule has 0 bridgehead atoms. The van der Waals surface area contributed by atoms with Gasteiger partial charge in [0.25, 0.3) is 5.91 Å². The molecular weight excluding hydrogens is 525 g/mol. The van der Waals surface area contributed by atoms with Gasteiger partial charge in [-0.05, 0) is 61.9 Å². The molecule has 9 nitrogen and oxygen atoms in total. The van der Waals surface area contributed by atoms with Gasteiger partial charge in [-0.25, -0.2) is 4.79 Å². The fourth-order valence-corrected chi connectivity index (χ4v) is 4.62. The van der Waals surface area contributed by atoms with Crippen LogP contribution in [-0.2, 0) is 17.5 Å². The predicted molar refractivity (Wildman–Crippen MR) is 138 cm³/mol. The zero-order chi connectivity index (χ0) is 29.2. The number of nitrogens with zero attached hydrogens (tertiary/aromatic N) is 5. The second-order valence-electron chi connectivity index (χ2n) is 9.05. The molecule has 1 aliphatic heterocycles. The van der Waals surface area contributed by atoms with Crippen molar-refractivity contribution >= 4 is 23.4 Å². The minimum absolute atomic E-state index is 0.0279. The second kappa shape index (κ2) is 11.0. The molecule has 2 aromatic carbocycles. The van der Waals surface area contributed by atoms with E-state index in [0.29, 0.717) is 5.69 Å². The van der Waals surface area contributed by atoms with E-state index in [1.54, 1.807) is 12.1 Å². The molecule has 0 spiro atoms. The lowest BCUT2D eigenvalue weighted by molar-refractivity contribution is -0.137. The number of ketones is 1. The first-order chi connectivity index (χ1) is 18.9. The van der Waals surface area contributed by atoms with Crippen molar-refractivity contribution in [2.75, 3.05) is 11.9 Å². The van der Waals surface area contributed by atoms with Crippen molar-refractivity contribution < 1.29 is 27.6 Å². The zero-order valence-electron chi connectivity index (χ0n) is 21.7. The lowest BCUT2D eigenvalue weighted by atomic mass is 9.87. The fourth-order valence-electron chi connectivity index (χ4n) is 4.62. The Kier molecular flexibility index (Phi) is 7.68. The van der Waals surface area contributed by atoms with Crippen LogP contribution in [-0.4, -0.2) is 39.9 Å². The number of anilines is 1. The number of rotatable bonds is 6. The molecule has 1 unspecified atom stereocenters. The Morgan fingerprint density at radius 2 is 1.88 bits per heavy atom. The van der Waals surface area contributed by atoms with E-state index in [0.717, 1.165) is 17.0 Å². The molecule has 1 atom stereocenters. The van der Waals surface area contributed by atoms with E-state index in [2.05, 4.69) is 15.5 Å². The quantitative estimate of drug-likeness (QED) is 0.474. The maximum absolute atomic E-state index is 13.6. The highest BCUT2D eigenvalue weighted by Gasteiger charge is 2.41. The van der Waals surface area contributed by atoms with Crippen LogP contribution in [0.1, 0.15) is 52.6 Å². The van der Waals surface area contributed by atoms with Crippen LogP contribution in [0, 0.1) is 11.3 Å². The number of nitriles is 1. The molecule has 0 saturated heterocycles. The van der Waals surface area contributed by atoms with E-state index in [1.807, 2.05) is 6.07 Å². The highest BCUT2D eigenvalue weighted by Crippen LogP contribution is 2.41. The summed E-state index contributed by atoms with van der Waals surface area (Å²) in [6.07, 6.45) is -3.16. The molecule has 1 aromatic heterocycles. The molecular formula is C28H23F3N6O3. The highest BCUT2D eigenvalue weighted by atomic mass is 19.4. The van der Waals surface area contributed by atoms with Gasteiger partial charge in [0.2, 0.25) is 0 Å². The van der Waals surface area contributed by atoms with Crippen LogP contribution in [0.15, 0.2) is 72.1 Å². The third-order valence-electron chi connectivity index (χ3n) is 6.47. The van der Waals surface area contributed by atoms with Crippen LogP contribution in [0.4, 0.5) is 23.7 Å². The topological polar surface area (TPSA) is 119 Å². The largest absolute Gasteiger partial charge is 0.416 e. The van der Waals surface area contributed by atoms with Gasteiger partial charge in [0, 0.05) is 30.1 Å². The van der Waals surface area contributed by atoms with Gasteiger partial charge in [-0.2, -0.15) is 28.6 Å². The summed E-state index contributed by atoms with van der Waals surface area (Å²) in [5, 5.41) is 19.8. The Balaban J connectivity index is 1.82. The molecule has 3 aromatic rings. The van der Waals surface area contributed by atoms with E-state index >= 15 is 0 Å². The number of aromatic nitrogens is 2. The first-order valence-corrected chi connectivity index (χ1v) is 12.0. The van der Waals surface area contributed by atoms with E-state index in [1.165, 1.54) is 62.3 Å². The zero-order valence-corrected chi connectivity index (χ0v) is 21.7. The minimum Gasteiger partial charge on any atom is -0.346 e. The Morgan fingerprint density at radius 1 is 1.12 bits per heavy atom. The third-order valence-corrected chi connectivity index (χ3v) is 6.47. The van der Waals surface area contributed by atoms with Gasteiger partial charge in [-0.3, -0.25) is 14.5 Å². The van der Waals surface area contributed by atoms with Gasteiger partial charge in [0.05, 0.1) is 41.2 Å². The monoisotopic (exact) mass is 548 g/mol. The summed E-state index contributed by atoms with van der Waals surface area (Å²) in [7, 11) is 1.39. The maximum atomic E-state index is 13.6. The number of carbonyl (C=O) groups excluding carboxylic acids is 3. The van der Waals surface area contributed by atoms with Crippen molar-refractivity contribution in [2.24, 2.45) is 0 Å². The Hall–Kier alpha value is -5.05. The van der Waals surface area contributed by atoms with Gasteiger partial charge >= 0.3 is 12.2 Å². The Bertz CT molecular complexity index is 1560. The summed E-state index contributed by atoms with van der Waals surface area (Å²) in [4.78, 5) is 42.2. The Morgan fingerprint density at radius 3 is 2.50 bits per heavy atom. The molecule has 0 radical (unpaired) electrons. The molecule has 1 N–H and O–H groups in total. The van der Waals surface area contributed by atoms with Crippen LogP contribution in [0.5, 0.6) is 0 Å². The SMILES string of the molecule is CC(=O)C1=C(C)N(c2cccc(C(F)(F)F)c2)C(=O)N(C)C1c1ccc(C#N)cc1C(=O)NCc1cccnn1. The predicted octanol–water partition coefficient (Wildman–Crippen LogP) is 4.77. The minimum atomic E-state index is -4.64. The van der Waals surface area contributed by atoms with Crippen LogP contribution >= 0.6 is 0 Å². The summed E-state index contributed by atoms with van der Waals surface area (Å²) in [5.74, 6) is -1.03. The molecule has 0 aliphatic carbocycles. The van der Waals surface area contributed by atoms with Crippen molar-refractivity contribution in [3.05, 3.63) is 100 Å². The van der Waals surface area contributed by atoms with Crippen molar-refractivity contribution in [1.29, 1.82) is 5.26 Å². The van der Waals surface area contributed by atoms with Crippen molar-refractivity contribution in [1.82, 2.24) is 20.4 Å². The summed E-state index contributed by atoms with van der Waals surface area (Å²) in [6, 6.07) is 12.1. The average Bonchev–Trinajstić information content (AvgIpc) is 2.93. The molecule has 12 heteroatoms. The smallest absolute Gasteiger partial charge is 0.346 e. The average molecular weight is 549 g/mol. The number of likely N-dealkylation sites (N-methyl/N-ethyl adjacent to an activating group) is 1. The van der Waals surface area contributed by atoms with Crippen LogP contribution in [0.25, 0.3) is 0 Å². The summed E-state index contributed by atoms with van der Waals surface area (Å²) in [6.45, 7) is 2.77. The Labute approximate surface area is 227 Å². The van der Waals surface area contributed by atoms with E-state index in [-0.39, 0.29) is 40.2 Å². The number of benzene rings is 2. The molecule has 2 heterocycles. The molecule has 0 saturated carbocycles. The first-order valence-electron chi connectivity index (χ1n) is 12.0. The summed E-state index contributed by atoms with van der Waals surface area (Å²) < 4.78 is 40.2. The van der Waals surface area contributed by atoms with Crippen LogP contribution < -0.4 is 10.2 Å². The van der Waals surface area contributed by atoms with E-state index in [9.17, 15) is 32.8 Å². The van der Waals surface area contributed by atoms with Gasteiger partial charge in [-0.1, -0.05) is 12.1 Å². The van der Waals surface area contributed by atoms with Gasteiger partial charge in [0.15, 0.2) is 5.78 Å². The number of carbonyl (C=O) groups is 3. The lowest BCUT2D eigenvalue weighted by Crippen LogP contribution is -2.49. The summed E-state index contributed by atoms with van der Waals surface area (Å²) >= 11 is 0. The van der Waals surface area contributed by atoms with Crippen molar-refractivity contribution in [3.8, 4) is 6.07 Å². The number of alkyl halides is 3. The number of amides is 3. The number of allylic oxidation sites excluding steroid dienone is 1. The van der Waals surface area contributed by atoms with Crippen molar-refractivity contribution in [3.63, 3.8) is 0 Å². The number of nitrogens with one attached hydrogen (secondary N) is 1. The normalized spacial score (nSPS) is 15.6. The second-order valence-corrected chi connectivity index (χ2v) is 9.05. The molecule has 40 heavy (non-hydrogen) atoms. The van der Waals surface area contributed by atoms with Gasteiger partial charge in [0.1, 0.15) is 0 Å². The standard InChI is InChI=1S/C28H23F3N6O3/c1-16-24(17(2)38)25(36(3)27(40)37(16)21-8-4-6-19(13-21)28(29,30)31)22-10-9-18(14-32)12-23(22)26(39)33-15-20-7-5-11-34-35-20/h4-13,25H,15H2,1-3H3,(H,33,39). The van der Waals surface area contributed by atoms with Crippen molar-refractivity contribution in [2.45, 2.75) is 32.6 Å². The number of hydrogen-bond donors (Lipinski definition) is 1.